The van der Waals surface area contributed by atoms with Crippen LogP contribution in [0.25, 0.3) is 22.2 Å². The number of nitrogens with zero attached hydrogens (tertiary/aromatic N) is 3. The molecule has 3 aromatic rings. The predicted molar refractivity (Wildman–Crippen MR) is 86.8 cm³/mol. The number of aryl methyl sites for hydroxylation is 2. The molecule has 0 radical (unpaired) electrons. The quantitative estimate of drug-likeness (QED) is 0.700. The zero-order valence-electron chi connectivity index (χ0n) is 12.9. The maximum Gasteiger partial charge on any atom is 0.332 e. The Kier molecular flexibility index (Phi) is 3.21. The van der Waals surface area contributed by atoms with Crippen LogP contribution < -0.4 is 16.8 Å². The van der Waals surface area contributed by atoms with Crippen LogP contribution >= 0.6 is 0 Å². The van der Waals surface area contributed by atoms with Crippen molar-refractivity contribution in [2.45, 2.75) is 0 Å². The van der Waals surface area contributed by atoms with E-state index in [9.17, 15) is 19.5 Å². The monoisotopic (exact) mass is 313 g/mol. The fourth-order valence-electron chi connectivity index (χ4n) is 2.79. The molecule has 0 fully saturated rings. The third-order valence-corrected chi connectivity index (χ3v) is 4.01. The smallest absolute Gasteiger partial charge is 0.332 e. The van der Waals surface area contributed by atoms with Crippen LogP contribution in [-0.4, -0.2) is 18.8 Å². The van der Waals surface area contributed by atoms with Crippen molar-refractivity contribution in [3.63, 3.8) is 0 Å². The molecule has 0 aliphatic rings. The Morgan fingerprint density at radius 1 is 0.826 bits per heavy atom. The summed E-state index contributed by atoms with van der Waals surface area (Å²) in [5.41, 5.74) is -1.07. The first-order chi connectivity index (χ1) is 10.9. The van der Waals surface area contributed by atoms with Crippen molar-refractivity contribution in [1.29, 1.82) is 0 Å². The highest BCUT2D eigenvalue weighted by molar-refractivity contribution is 5.89. The van der Waals surface area contributed by atoms with Gasteiger partial charge in [0.2, 0.25) is 0 Å². The standard InChI is InChI=1S/C16H15N3O4/c1-17-13-11(15(22)19(3)16(23)18(13)2)12(20)10(14(17)21)9-7-5-4-6-8-9/h4-8,20H,1-3H3. The molecule has 23 heavy (non-hydrogen) atoms. The van der Waals surface area contributed by atoms with Gasteiger partial charge in [0.25, 0.3) is 11.1 Å². The molecule has 0 spiro atoms. The van der Waals surface area contributed by atoms with E-state index in [1.165, 1.54) is 30.3 Å². The number of hydrogen-bond acceptors (Lipinski definition) is 4. The minimum atomic E-state index is -0.645. The van der Waals surface area contributed by atoms with Crippen molar-refractivity contribution >= 4 is 11.0 Å². The van der Waals surface area contributed by atoms with Crippen LogP contribution in [0.1, 0.15) is 0 Å². The summed E-state index contributed by atoms with van der Waals surface area (Å²) in [5.74, 6) is -0.412. The molecule has 0 aliphatic carbocycles. The van der Waals surface area contributed by atoms with Gasteiger partial charge in [-0.25, -0.2) is 4.79 Å². The third kappa shape index (κ3) is 1.93. The number of hydrogen-bond donors (Lipinski definition) is 1. The summed E-state index contributed by atoms with van der Waals surface area (Å²) in [5, 5.41) is 10.5. The normalized spacial score (nSPS) is 11.1. The summed E-state index contributed by atoms with van der Waals surface area (Å²) < 4.78 is 3.29. The molecule has 0 bridgehead atoms. The van der Waals surface area contributed by atoms with Crippen LogP contribution in [0.15, 0.2) is 44.7 Å². The Morgan fingerprint density at radius 2 is 1.43 bits per heavy atom. The fraction of sp³-hybridized carbons (Fsp3) is 0.188. The number of rotatable bonds is 1. The van der Waals surface area contributed by atoms with Gasteiger partial charge in [0.05, 0.1) is 5.56 Å². The summed E-state index contributed by atoms with van der Waals surface area (Å²) in [6.45, 7) is 0. The van der Waals surface area contributed by atoms with E-state index >= 15 is 0 Å². The Hall–Kier alpha value is -3.09. The molecule has 7 heteroatoms. The summed E-state index contributed by atoms with van der Waals surface area (Å²) in [4.78, 5) is 37.1. The Labute approximate surface area is 130 Å². The minimum absolute atomic E-state index is 0.0383. The van der Waals surface area contributed by atoms with Crippen molar-refractivity contribution in [3.8, 4) is 16.9 Å². The summed E-state index contributed by atoms with van der Waals surface area (Å²) in [7, 11) is 4.25. The molecule has 1 N–H and O–H groups in total. The number of aromatic nitrogens is 3. The molecule has 7 nitrogen and oxygen atoms in total. The van der Waals surface area contributed by atoms with Crippen LogP contribution in [0, 0.1) is 0 Å². The van der Waals surface area contributed by atoms with Crippen molar-refractivity contribution in [2.24, 2.45) is 21.1 Å². The van der Waals surface area contributed by atoms with Gasteiger partial charge in [-0.05, 0) is 5.56 Å². The molecule has 118 valence electrons. The van der Waals surface area contributed by atoms with Crippen molar-refractivity contribution in [2.75, 3.05) is 0 Å². The molecular formula is C16H15N3O4. The number of benzene rings is 1. The van der Waals surface area contributed by atoms with Gasteiger partial charge in [0.1, 0.15) is 16.8 Å². The zero-order chi connectivity index (χ0) is 16.9. The SMILES string of the molecule is Cn1c(=O)c2c(O)c(-c3ccccc3)c(=O)n(C)c2n(C)c1=O. The van der Waals surface area contributed by atoms with Gasteiger partial charge < -0.3 is 5.11 Å². The van der Waals surface area contributed by atoms with Crippen LogP contribution in [0.2, 0.25) is 0 Å². The maximum atomic E-state index is 12.6. The van der Waals surface area contributed by atoms with E-state index in [-0.39, 0.29) is 16.6 Å². The average Bonchev–Trinajstić information content (AvgIpc) is 2.55. The van der Waals surface area contributed by atoms with Crippen LogP contribution in [0.3, 0.4) is 0 Å². The second-order valence-electron chi connectivity index (χ2n) is 5.36. The first-order valence-electron chi connectivity index (χ1n) is 6.93. The van der Waals surface area contributed by atoms with E-state index in [0.717, 1.165) is 4.57 Å². The maximum absolute atomic E-state index is 12.6. The van der Waals surface area contributed by atoms with Gasteiger partial charge in [-0.15, -0.1) is 0 Å². The van der Waals surface area contributed by atoms with Crippen molar-refractivity contribution in [3.05, 3.63) is 61.5 Å². The zero-order valence-corrected chi connectivity index (χ0v) is 12.9. The molecular weight excluding hydrogens is 298 g/mol. The van der Waals surface area contributed by atoms with E-state index in [0.29, 0.717) is 5.56 Å². The van der Waals surface area contributed by atoms with E-state index in [1.807, 2.05) is 0 Å². The van der Waals surface area contributed by atoms with Gasteiger partial charge in [-0.2, -0.15) is 0 Å². The van der Waals surface area contributed by atoms with E-state index in [1.54, 1.807) is 30.3 Å². The molecule has 0 saturated heterocycles. The molecule has 2 aromatic heterocycles. The summed E-state index contributed by atoms with van der Waals surface area (Å²) in [6, 6.07) is 8.60. The fourth-order valence-corrected chi connectivity index (χ4v) is 2.79. The third-order valence-electron chi connectivity index (χ3n) is 4.01. The lowest BCUT2D eigenvalue weighted by Gasteiger charge is -2.15. The molecule has 3 rings (SSSR count). The molecule has 0 aliphatic heterocycles. The highest BCUT2D eigenvalue weighted by Crippen LogP contribution is 2.30. The molecule has 0 saturated carbocycles. The number of aromatic hydroxyl groups is 1. The molecule has 1 aromatic carbocycles. The summed E-state index contributed by atoms with van der Waals surface area (Å²) in [6.07, 6.45) is 0. The van der Waals surface area contributed by atoms with E-state index in [2.05, 4.69) is 0 Å². The minimum Gasteiger partial charge on any atom is -0.506 e. The largest absolute Gasteiger partial charge is 0.506 e. The molecule has 2 heterocycles. The van der Waals surface area contributed by atoms with Gasteiger partial charge in [0.15, 0.2) is 0 Å². The van der Waals surface area contributed by atoms with Gasteiger partial charge >= 0.3 is 5.69 Å². The number of pyridine rings is 1. The topological polar surface area (TPSA) is 86.2 Å². The Balaban J connectivity index is 2.66. The molecule has 0 amide bonds. The number of fused-ring (bicyclic) bond motifs is 1. The lowest BCUT2D eigenvalue weighted by Crippen LogP contribution is -2.39. The second-order valence-corrected chi connectivity index (χ2v) is 5.36. The van der Waals surface area contributed by atoms with Crippen LogP contribution in [0.5, 0.6) is 5.75 Å². The average molecular weight is 313 g/mol. The Bertz CT molecular complexity index is 1100. The van der Waals surface area contributed by atoms with Gasteiger partial charge in [0, 0.05) is 21.1 Å². The van der Waals surface area contributed by atoms with E-state index in [4.69, 9.17) is 0 Å². The van der Waals surface area contributed by atoms with E-state index < -0.39 is 22.6 Å². The highest BCUT2D eigenvalue weighted by Gasteiger charge is 2.21. The lowest BCUT2D eigenvalue weighted by molar-refractivity contribution is 0.479. The van der Waals surface area contributed by atoms with Crippen LogP contribution in [-0.2, 0) is 21.1 Å². The van der Waals surface area contributed by atoms with Crippen LogP contribution in [0.4, 0.5) is 0 Å². The van der Waals surface area contributed by atoms with Gasteiger partial charge in [-0.1, -0.05) is 30.3 Å². The van der Waals surface area contributed by atoms with Crippen molar-refractivity contribution in [1.82, 2.24) is 13.7 Å². The molecule has 0 unspecified atom stereocenters. The highest BCUT2D eigenvalue weighted by atomic mass is 16.3. The Morgan fingerprint density at radius 3 is 2.04 bits per heavy atom. The predicted octanol–water partition coefficient (Wildman–Crippen LogP) is 0.308. The summed E-state index contributed by atoms with van der Waals surface area (Å²) >= 11 is 0. The molecule has 0 atom stereocenters. The van der Waals surface area contributed by atoms with Gasteiger partial charge in [-0.3, -0.25) is 23.3 Å². The first kappa shape index (κ1) is 14.8. The first-order valence-corrected chi connectivity index (χ1v) is 6.93. The second kappa shape index (κ2) is 4.98. The lowest BCUT2D eigenvalue weighted by atomic mass is 10.0. The van der Waals surface area contributed by atoms with Crippen molar-refractivity contribution < 1.29 is 5.11 Å².